The van der Waals surface area contributed by atoms with Crippen LogP contribution in [0.5, 0.6) is 0 Å². The van der Waals surface area contributed by atoms with Crippen LogP contribution in [0.1, 0.15) is 23.6 Å². The lowest BCUT2D eigenvalue weighted by molar-refractivity contribution is -0.393. The second-order valence-corrected chi connectivity index (χ2v) is 6.38. The number of hydrogen-bond donors (Lipinski definition) is 1. The lowest BCUT2D eigenvalue weighted by Crippen LogP contribution is -2.02. The Labute approximate surface area is 166 Å². The molecule has 1 N–H and O–H groups in total. The molecule has 0 unspecified atom stereocenters. The third kappa shape index (κ3) is 5.01. The predicted octanol–water partition coefficient (Wildman–Crippen LogP) is 4.93. The highest BCUT2D eigenvalue weighted by Crippen LogP contribution is 2.29. The summed E-state index contributed by atoms with van der Waals surface area (Å²) in [4.78, 5) is 20.6. The van der Waals surface area contributed by atoms with Gasteiger partial charge in [-0.15, -0.1) is 0 Å². The number of benzene rings is 3. The molecular weight excluding hydrogens is 372 g/mol. The molecule has 0 radical (unpaired) electrons. The number of rotatable bonds is 7. The molecule has 0 atom stereocenters. The molecule has 0 amide bonds. The summed E-state index contributed by atoms with van der Waals surface area (Å²) in [5.41, 5.74) is 5.83. The van der Waals surface area contributed by atoms with Crippen molar-refractivity contribution < 1.29 is 9.85 Å². The highest BCUT2D eigenvalue weighted by atomic mass is 16.6. The molecule has 3 aromatic carbocycles. The van der Waals surface area contributed by atoms with Gasteiger partial charge < -0.3 is 0 Å². The second-order valence-electron chi connectivity index (χ2n) is 6.38. The molecule has 0 fully saturated rings. The van der Waals surface area contributed by atoms with Gasteiger partial charge in [-0.3, -0.25) is 25.7 Å². The summed E-state index contributed by atoms with van der Waals surface area (Å²) in [7, 11) is 0. The Kier molecular flexibility index (Phi) is 5.94. The number of nitrogens with one attached hydrogen (secondary N) is 1. The summed E-state index contributed by atoms with van der Waals surface area (Å²) in [5.74, 6) is 0. The second kappa shape index (κ2) is 8.75. The zero-order chi connectivity index (χ0) is 20.8. The van der Waals surface area contributed by atoms with Crippen LogP contribution in [-0.2, 0) is 6.42 Å². The molecular formula is C21H18N4O4. The van der Waals surface area contributed by atoms with E-state index >= 15 is 0 Å². The van der Waals surface area contributed by atoms with Gasteiger partial charge >= 0.3 is 5.69 Å². The number of hydrogen-bond acceptors (Lipinski definition) is 6. The number of nitro groups is 2. The molecule has 0 spiro atoms. The van der Waals surface area contributed by atoms with E-state index in [-0.39, 0.29) is 11.4 Å². The van der Waals surface area contributed by atoms with Crippen LogP contribution < -0.4 is 5.43 Å². The summed E-state index contributed by atoms with van der Waals surface area (Å²) in [6.07, 6.45) is 0.824. The van der Waals surface area contributed by atoms with Crippen LogP contribution in [0.15, 0.2) is 77.9 Å². The first-order valence-electron chi connectivity index (χ1n) is 8.80. The van der Waals surface area contributed by atoms with E-state index in [0.717, 1.165) is 23.6 Å². The molecule has 0 aliphatic heterocycles. The van der Waals surface area contributed by atoms with Crippen molar-refractivity contribution in [3.63, 3.8) is 0 Å². The van der Waals surface area contributed by atoms with E-state index in [1.165, 1.54) is 17.7 Å². The van der Waals surface area contributed by atoms with Gasteiger partial charge in [-0.05, 0) is 36.1 Å². The van der Waals surface area contributed by atoms with Gasteiger partial charge in [0.15, 0.2) is 0 Å². The highest BCUT2D eigenvalue weighted by molar-refractivity contribution is 5.99. The Morgan fingerprint density at radius 2 is 1.55 bits per heavy atom. The van der Waals surface area contributed by atoms with Gasteiger partial charge in [0, 0.05) is 6.07 Å². The molecule has 8 heteroatoms. The standard InChI is InChI=1S/C21H18N4O4/c1-15(18-9-7-17(8-10-18)13-16-5-3-2-4-6-16)22-23-20-12-11-19(24(26)27)14-21(20)25(28)29/h2-12,14,23H,13H2,1H3/b22-15+. The summed E-state index contributed by atoms with van der Waals surface area (Å²) >= 11 is 0. The monoisotopic (exact) mass is 390 g/mol. The molecule has 0 saturated heterocycles. The lowest BCUT2D eigenvalue weighted by Gasteiger charge is -2.06. The van der Waals surface area contributed by atoms with Crippen LogP contribution in [0.3, 0.4) is 0 Å². The third-order valence-corrected chi connectivity index (χ3v) is 4.36. The maximum absolute atomic E-state index is 11.2. The van der Waals surface area contributed by atoms with Crippen molar-refractivity contribution in [2.75, 3.05) is 5.43 Å². The van der Waals surface area contributed by atoms with Gasteiger partial charge in [0.05, 0.1) is 21.6 Å². The fourth-order valence-electron chi connectivity index (χ4n) is 2.78. The molecule has 146 valence electrons. The van der Waals surface area contributed by atoms with E-state index in [1.54, 1.807) is 6.92 Å². The smallest absolute Gasteiger partial charge is 0.271 e. The highest BCUT2D eigenvalue weighted by Gasteiger charge is 2.19. The first kappa shape index (κ1) is 19.7. The first-order chi connectivity index (χ1) is 13.9. The average molecular weight is 390 g/mol. The molecule has 0 heterocycles. The zero-order valence-electron chi connectivity index (χ0n) is 15.6. The van der Waals surface area contributed by atoms with Crippen LogP contribution in [0.2, 0.25) is 0 Å². The van der Waals surface area contributed by atoms with E-state index in [2.05, 4.69) is 22.7 Å². The average Bonchev–Trinajstić information content (AvgIpc) is 2.73. The zero-order valence-corrected chi connectivity index (χ0v) is 15.6. The normalized spacial score (nSPS) is 11.1. The number of non-ortho nitro benzene ring substituents is 1. The molecule has 0 saturated carbocycles. The maximum Gasteiger partial charge on any atom is 0.301 e. The van der Waals surface area contributed by atoms with Crippen LogP contribution in [0.25, 0.3) is 0 Å². The van der Waals surface area contributed by atoms with Crippen molar-refractivity contribution >= 4 is 22.8 Å². The minimum Gasteiger partial charge on any atom is -0.271 e. The van der Waals surface area contributed by atoms with Gasteiger partial charge in [-0.25, -0.2) is 0 Å². The molecule has 29 heavy (non-hydrogen) atoms. The van der Waals surface area contributed by atoms with Crippen LogP contribution in [0, 0.1) is 20.2 Å². The van der Waals surface area contributed by atoms with Crippen molar-refractivity contribution in [3.05, 3.63) is 110 Å². The van der Waals surface area contributed by atoms with E-state index in [1.807, 2.05) is 42.5 Å². The quantitative estimate of drug-likeness (QED) is 0.349. The van der Waals surface area contributed by atoms with Crippen LogP contribution in [-0.4, -0.2) is 15.6 Å². The number of anilines is 1. The lowest BCUT2D eigenvalue weighted by atomic mass is 10.0. The summed E-state index contributed by atoms with van der Waals surface area (Å²) in [6, 6.07) is 21.4. The largest absolute Gasteiger partial charge is 0.301 e. The Morgan fingerprint density at radius 1 is 0.897 bits per heavy atom. The molecule has 8 nitrogen and oxygen atoms in total. The topological polar surface area (TPSA) is 111 Å². The van der Waals surface area contributed by atoms with Gasteiger partial charge in [0.1, 0.15) is 5.69 Å². The minimum absolute atomic E-state index is 0.0839. The Hall–Kier alpha value is -4.07. The molecule has 3 rings (SSSR count). The van der Waals surface area contributed by atoms with Crippen molar-refractivity contribution in [2.24, 2.45) is 5.10 Å². The maximum atomic E-state index is 11.2. The fraction of sp³-hybridized carbons (Fsp3) is 0.0952. The Balaban J connectivity index is 1.74. The number of nitrogens with zero attached hydrogens (tertiary/aromatic N) is 3. The van der Waals surface area contributed by atoms with E-state index in [4.69, 9.17) is 0 Å². The molecule has 0 aliphatic rings. The molecule has 0 bridgehead atoms. The van der Waals surface area contributed by atoms with E-state index in [0.29, 0.717) is 5.71 Å². The summed E-state index contributed by atoms with van der Waals surface area (Å²) in [6.45, 7) is 1.77. The van der Waals surface area contributed by atoms with Crippen molar-refractivity contribution in [3.8, 4) is 0 Å². The molecule has 3 aromatic rings. The summed E-state index contributed by atoms with van der Waals surface area (Å²) in [5, 5.41) is 26.2. The van der Waals surface area contributed by atoms with Crippen molar-refractivity contribution in [1.29, 1.82) is 0 Å². The van der Waals surface area contributed by atoms with E-state index in [9.17, 15) is 20.2 Å². The van der Waals surface area contributed by atoms with Gasteiger partial charge in [0.2, 0.25) is 0 Å². The fourth-order valence-corrected chi connectivity index (χ4v) is 2.78. The Morgan fingerprint density at radius 3 is 2.17 bits per heavy atom. The predicted molar refractivity (Wildman–Crippen MR) is 111 cm³/mol. The molecule has 0 aliphatic carbocycles. The molecule has 0 aromatic heterocycles. The summed E-state index contributed by atoms with van der Waals surface area (Å²) < 4.78 is 0. The minimum atomic E-state index is -0.682. The number of nitro benzene ring substituents is 2. The van der Waals surface area contributed by atoms with Gasteiger partial charge in [0.25, 0.3) is 5.69 Å². The van der Waals surface area contributed by atoms with Gasteiger partial charge in [-0.1, -0.05) is 54.6 Å². The third-order valence-electron chi connectivity index (χ3n) is 4.36. The van der Waals surface area contributed by atoms with Crippen LogP contribution >= 0.6 is 0 Å². The first-order valence-corrected chi connectivity index (χ1v) is 8.80. The van der Waals surface area contributed by atoms with Crippen molar-refractivity contribution in [2.45, 2.75) is 13.3 Å². The number of hydrazone groups is 1. The van der Waals surface area contributed by atoms with Crippen LogP contribution in [0.4, 0.5) is 17.1 Å². The Bertz CT molecular complexity index is 1060. The van der Waals surface area contributed by atoms with Gasteiger partial charge in [-0.2, -0.15) is 5.10 Å². The van der Waals surface area contributed by atoms with E-state index < -0.39 is 15.5 Å². The van der Waals surface area contributed by atoms with Crippen molar-refractivity contribution in [1.82, 2.24) is 0 Å². The SMILES string of the molecule is C/C(=N\Nc1ccc([N+](=O)[O-])cc1[N+](=O)[O-])c1ccc(Cc2ccccc2)cc1.